The van der Waals surface area contributed by atoms with Gasteiger partial charge in [-0.25, -0.2) is 8.42 Å². The first-order valence-electron chi connectivity index (χ1n) is 5.88. The highest BCUT2D eigenvalue weighted by molar-refractivity contribution is 7.88. The van der Waals surface area contributed by atoms with Gasteiger partial charge in [-0.05, 0) is 19.8 Å². The molecule has 0 fully saturated rings. The first kappa shape index (κ1) is 16.4. The molecule has 0 aliphatic rings. The second kappa shape index (κ2) is 6.96. The van der Waals surface area contributed by atoms with E-state index in [2.05, 4.69) is 5.32 Å². The van der Waals surface area contributed by atoms with E-state index in [0.29, 0.717) is 12.5 Å². The standard InChI is InChI=1S/C11H24N2O3S/c1-9(2)8-12-11(14)6-7-13(10(3)4)17(5,15)16/h9-10H,6-8H2,1-5H3,(H,12,14). The molecular formula is C11H24N2O3S. The van der Waals surface area contributed by atoms with E-state index in [0.717, 1.165) is 0 Å². The van der Waals surface area contributed by atoms with Crippen molar-refractivity contribution in [2.24, 2.45) is 5.92 Å². The Balaban J connectivity index is 4.20. The maximum Gasteiger partial charge on any atom is 0.221 e. The molecule has 0 unspecified atom stereocenters. The number of amides is 1. The van der Waals surface area contributed by atoms with Crippen LogP contribution in [-0.2, 0) is 14.8 Å². The molecule has 0 aromatic rings. The van der Waals surface area contributed by atoms with Gasteiger partial charge in [-0.2, -0.15) is 4.31 Å². The van der Waals surface area contributed by atoms with Gasteiger partial charge >= 0.3 is 0 Å². The molecule has 17 heavy (non-hydrogen) atoms. The summed E-state index contributed by atoms with van der Waals surface area (Å²) in [5.74, 6) is 0.294. The smallest absolute Gasteiger partial charge is 0.221 e. The topological polar surface area (TPSA) is 66.5 Å². The Kier molecular flexibility index (Phi) is 6.70. The van der Waals surface area contributed by atoms with Gasteiger partial charge in [0.15, 0.2) is 0 Å². The highest BCUT2D eigenvalue weighted by atomic mass is 32.2. The summed E-state index contributed by atoms with van der Waals surface area (Å²) in [6, 6.07) is -0.122. The van der Waals surface area contributed by atoms with Gasteiger partial charge in [0.05, 0.1) is 6.26 Å². The Morgan fingerprint density at radius 2 is 1.76 bits per heavy atom. The van der Waals surface area contributed by atoms with Crippen LogP contribution < -0.4 is 5.32 Å². The lowest BCUT2D eigenvalue weighted by Crippen LogP contribution is -2.39. The van der Waals surface area contributed by atoms with Gasteiger partial charge in [-0.15, -0.1) is 0 Å². The number of rotatable bonds is 7. The van der Waals surface area contributed by atoms with E-state index in [1.807, 2.05) is 13.8 Å². The van der Waals surface area contributed by atoms with E-state index in [-0.39, 0.29) is 24.9 Å². The lowest BCUT2D eigenvalue weighted by Gasteiger charge is -2.23. The predicted octanol–water partition coefficient (Wildman–Crippen LogP) is 0.819. The van der Waals surface area contributed by atoms with Crippen molar-refractivity contribution in [3.05, 3.63) is 0 Å². The summed E-state index contributed by atoms with van der Waals surface area (Å²) in [7, 11) is -3.24. The minimum Gasteiger partial charge on any atom is -0.356 e. The number of nitrogens with one attached hydrogen (secondary N) is 1. The van der Waals surface area contributed by atoms with Crippen molar-refractivity contribution in [2.45, 2.75) is 40.2 Å². The molecule has 0 aliphatic carbocycles. The number of carbonyl (C=O) groups is 1. The highest BCUT2D eigenvalue weighted by Gasteiger charge is 2.20. The van der Waals surface area contributed by atoms with Crippen LogP contribution in [0, 0.1) is 5.92 Å². The second-order valence-corrected chi connectivity index (χ2v) is 6.85. The Bertz CT molecular complexity index is 337. The largest absolute Gasteiger partial charge is 0.356 e. The Hall–Kier alpha value is -0.620. The van der Waals surface area contributed by atoms with Gasteiger partial charge in [0.2, 0.25) is 15.9 Å². The number of nitrogens with zero attached hydrogens (tertiary/aromatic N) is 1. The molecule has 0 heterocycles. The third-order valence-corrected chi connectivity index (χ3v) is 3.72. The number of hydrogen-bond donors (Lipinski definition) is 1. The molecule has 102 valence electrons. The molecule has 0 aliphatic heterocycles. The Labute approximate surface area is 105 Å². The van der Waals surface area contributed by atoms with Crippen LogP contribution >= 0.6 is 0 Å². The third kappa shape index (κ3) is 7.33. The summed E-state index contributed by atoms with van der Waals surface area (Å²) in [5, 5.41) is 2.77. The van der Waals surface area contributed by atoms with E-state index >= 15 is 0 Å². The van der Waals surface area contributed by atoms with Gasteiger partial charge in [0, 0.05) is 25.6 Å². The lowest BCUT2D eigenvalue weighted by atomic mass is 10.2. The summed E-state index contributed by atoms with van der Waals surface area (Å²) >= 11 is 0. The highest BCUT2D eigenvalue weighted by Crippen LogP contribution is 2.05. The first-order valence-corrected chi connectivity index (χ1v) is 7.73. The normalized spacial score (nSPS) is 12.5. The van der Waals surface area contributed by atoms with Crippen molar-refractivity contribution in [1.82, 2.24) is 9.62 Å². The fourth-order valence-corrected chi connectivity index (χ4v) is 2.61. The van der Waals surface area contributed by atoms with Crippen LogP contribution in [0.3, 0.4) is 0 Å². The number of hydrogen-bond acceptors (Lipinski definition) is 3. The fourth-order valence-electron chi connectivity index (χ4n) is 1.43. The Morgan fingerprint density at radius 3 is 2.12 bits per heavy atom. The molecule has 0 spiro atoms. The average Bonchev–Trinajstić information content (AvgIpc) is 2.12. The maximum absolute atomic E-state index is 11.5. The molecule has 0 aromatic heterocycles. The summed E-state index contributed by atoms with van der Waals surface area (Å²) in [6.07, 6.45) is 1.37. The van der Waals surface area contributed by atoms with Gasteiger partial charge in [-0.3, -0.25) is 4.79 Å². The van der Waals surface area contributed by atoms with Crippen molar-refractivity contribution in [1.29, 1.82) is 0 Å². The van der Waals surface area contributed by atoms with E-state index in [1.54, 1.807) is 13.8 Å². The van der Waals surface area contributed by atoms with Crippen LogP contribution in [0.15, 0.2) is 0 Å². The van der Waals surface area contributed by atoms with Crippen LogP contribution in [0.2, 0.25) is 0 Å². The summed E-state index contributed by atoms with van der Waals surface area (Å²) in [5.41, 5.74) is 0. The summed E-state index contributed by atoms with van der Waals surface area (Å²) in [6.45, 7) is 8.48. The van der Waals surface area contributed by atoms with Gasteiger partial charge in [0.1, 0.15) is 0 Å². The molecule has 0 bridgehead atoms. The van der Waals surface area contributed by atoms with Crippen molar-refractivity contribution >= 4 is 15.9 Å². The molecule has 0 saturated heterocycles. The van der Waals surface area contributed by atoms with E-state index < -0.39 is 10.0 Å². The third-order valence-electron chi connectivity index (χ3n) is 2.27. The molecule has 0 radical (unpaired) electrons. The van der Waals surface area contributed by atoms with Gasteiger partial charge < -0.3 is 5.32 Å². The van der Waals surface area contributed by atoms with Crippen molar-refractivity contribution in [3.8, 4) is 0 Å². The molecule has 0 saturated carbocycles. The molecule has 0 rings (SSSR count). The molecular weight excluding hydrogens is 240 g/mol. The molecule has 6 heteroatoms. The molecule has 5 nitrogen and oxygen atoms in total. The molecule has 0 aromatic carbocycles. The molecule has 0 atom stereocenters. The van der Waals surface area contributed by atoms with E-state index in [4.69, 9.17) is 0 Å². The van der Waals surface area contributed by atoms with E-state index in [9.17, 15) is 13.2 Å². The Morgan fingerprint density at radius 1 is 1.24 bits per heavy atom. The van der Waals surface area contributed by atoms with Crippen LogP contribution in [0.25, 0.3) is 0 Å². The van der Waals surface area contributed by atoms with Crippen molar-refractivity contribution in [3.63, 3.8) is 0 Å². The summed E-state index contributed by atoms with van der Waals surface area (Å²) < 4.78 is 24.2. The molecule has 1 amide bonds. The van der Waals surface area contributed by atoms with Gasteiger partial charge in [-0.1, -0.05) is 13.8 Å². The van der Waals surface area contributed by atoms with Crippen molar-refractivity contribution in [2.75, 3.05) is 19.3 Å². The van der Waals surface area contributed by atoms with E-state index in [1.165, 1.54) is 10.6 Å². The minimum absolute atomic E-state index is 0.104. The van der Waals surface area contributed by atoms with Crippen LogP contribution in [0.4, 0.5) is 0 Å². The average molecular weight is 264 g/mol. The minimum atomic E-state index is -3.24. The van der Waals surface area contributed by atoms with Crippen LogP contribution in [0.1, 0.15) is 34.1 Å². The first-order chi connectivity index (χ1) is 7.64. The number of carbonyl (C=O) groups excluding carboxylic acids is 1. The zero-order valence-electron chi connectivity index (χ0n) is 11.4. The second-order valence-electron chi connectivity index (χ2n) is 4.92. The predicted molar refractivity (Wildman–Crippen MR) is 69.2 cm³/mol. The van der Waals surface area contributed by atoms with Crippen LogP contribution in [-0.4, -0.2) is 44.0 Å². The zero-order valence-corrected chi connectivity index (χ0v) is 12.2. The maximum atomic E-state index is 11.5. The monoisotopic (exact) mass is 264 g/mol. The zero-order chi connectivity index (χ0) is 13.6. The quantitative estimate of drug-likeness (QED) is 0.740. The molecule has 1 N–H and O–H groups in total. The van der Waals surface area contributed by atoms with Gasteiger partial charge in [0.25, 0.3) is 0 Å². The SMILES string of the molecule is CC(C)CNC(=O)CCN(C(C)C)S(C)(=O)=O. The number of sulfonamides is 1. The van der Waals surface area contributed by atoms with Crippen LogP contribution in [0.5, 0.6) is 0 Å². The van der Waals surface area contributed by atoms with Crippen molar-refractivity contribution < 1.29 is 13.2 Å². The summed E-state index contributed by atoms with van der Waals surface area (Å²) in [4.78, 5) is 11.5. The lowest BCUT2D eigenvalue weighted by molar-refractivity contribution is -0.121. The fraction of sp³-hybridized carbons (Fsp3) is 0.909.